The third-order valence-electron chi connectivity index (χ3n) is 2.29. The molecule has 0 N–H and O–H groups in total. The van der Waals surface area contributed by atoms with Gasteiger partial charge in [0.15, 0.2) is 0 Å². The zero-order valence-corrected chi connectivity index (χ0v) is 10.3. The van der Waals surface area contributed by atoms with Crippen molar-refractivity contribution in [2.75, 3.05) is 12.0 Å². The summed E-state index contributed by atoms with van der Waals surface area (Å²) < 4.78 is 22.2. The van der Waals surface area contributed by atoms with Gasteiger partial charge in [0.1, 0.15) is 9.84 Å². The standard InChI is InChI=1S/C12H18O2S/c1-10-4-6-12(7-5-10)8-11(2)9-15(3,13)14/h4-7,11H,8-9H2,1-3H3. The van der Waals surface area contributed by atoms with Crippen LogP contribution in [0.1, 0.15) is 18.1 Å². The second-order valence-corrected chi connectivity index (χ2v) is 6.57. The Kier molecular flexibility index (Phi) is 3.91. The Labute approximate surface area is 92.2 Å². The van der Waals surface area contributed by atoms with Gasteiger partial charge in [-0.15, -0.1) is 0 Å². The molecule has 1 unspecified atom stereocenters. The molecule has 0 bridgehead atoms. The van der Waals surface area contributed by atoms with Crippen molar-refractivity contribution >= 4 is 9.84 Å². The third-order valence-corrected chi connectivity index (χ3v) is 3.47. The van der Waals surface area contributed by atoms with Crippen molar-refractivity contribution < 1.29 is 8.42 Å². The molecule has 0 spiro atoms. The van der Waals surface area contributed by atoms with Crippen LogP contribution in [-0.4, -0.2) is 20.4 Å². The topological polar surface area (TPSA) is 34.1 Å². The molecular weight excluding hydrogens is 208 g/mol. The minimum absolute atomic E-state index is 0.183. The first-order chi connectivity index (χ1) is 6.87. The zero-order valence-electron chi connectivity index (χ0n) is 9.53. The number of benzene rings is 1. The average molecular weight is 226 g/mol. The first-order valence-electron chi connectivity index (χ1n) is 5.10. The van der Waals surface area contributed by atoms with E-state index in [1.54, 1.807) is 0 Å². The van der Waals surface area contributed by atoms with Gasteiger partial charge in [-0.05, 0) is 24.8 Å². The third kappa shape index (κ3) is 4.98. The molecule has 15 heavy (non-hydrogen) atoms. The highest BCUT2D eigenvalue weighted by molar-refractivity contribution is 7.90. The van der Waals surface area contributed by atoms with Crippen LogP contribution < -0.4 is 0 Å². The molecule has 0 aliphatic carbocycles. The van der Waals surface area contributed by atoms with Crippen LogP contribution in [0.2, 0.25) is 0 Å². The molecule has 0 saturated heterocycles. The molecule has 1 atom stereocenters. The van der Waals surface area contributed by atoms with Crippen LogP contribution in [0.15, 0.2) is 24.3 Å². The minimum Gasteiger partial charge on any atom is -0.229 e. The van der Waals surface area contributed by atoms with Crippen LogP contribution in [0.5, 0.6) is 0 Å². The summed E-state index contributed by atoms with van der Waals surface area (Å²) in [7, 11) is -2.85. The molecule has 2 nitrogen and oxygen atoms in total. The molecule has 0 heterocycles. The predicted octanol–water partition coefficient (Wildman–Crippen LogP) is 2.22. The molecule has 84 valence electrons. The lowest BCUT2D eigenvalue weighted by Gasteiger charge is -2.10. The van der Waals surface area contributed by atoms with Gasteiger partial charge >= 0.3 is 0 Å². The number of sulfone groups is 1. The molecule has 0 fully saturated rings. The van der Waals surface area contributed by atoms with E-state index in [-0.39, 0.29) is 11.7 Å². The van der Waals surface area contributed by atoms with Crippen molar-refractivity contribution in [2.45, 2.75) is 20.3 Å². The predicted molar refractivity (Wildman–Crippen MR) is 63.8 cm³/mol. The first kappa shape index (κ1) is 12.2. The van der Waals surface area contributed by atoms with Gasteiger partial charge in [-0.2, -0.15) is 0 Å². The molecule has 0 amide bonds. The van der Waals surface area contributed by atoms with E-state index in [2.05, 4.69) is 24.3 Å². The average Bonchev–Trinajstić information content (AvgIpc) is 2.05. The van der Waals surface area contributed by atoms with Gasteiger partial charge in [-0.25, -0.2) is 8.42 Å². The fraction of sp³-hybridized carbons (Fsp3) is 0.500. The van der Waals surface area contributed by atoms with E-state index < -0.39 is 9.84 Å². The second-order valence-electron chi connectivity index (χ2n) is 4.39. The molecule has 1 aromatic rings. The highest BCUT2D eigenvalue weighted by Crippen LogP contribution is 2.11. The van der Waals surface area contributed by atoms with Crippen molar-refractivity contribution in [1.29, 1.82) is 0 Å². The molecule has 3 heteroatoms. The molecular formula is C12H18O2S. The van der Waals surface area contributed by atoms with Gasteiger partial charge in [-0.1, -0.05) is 36.8 Å². The fourth-order valence-corrected chi connectivity index (χ4v) is 2.85. The largest absolute Gasteiger partial charge is 0.229 e. The Bertz CT molecular complexity index is 404. The first-order valence-corrected chi connectivity index (χ1v) is 7.16. The van der Waals surface area contributed by atoms with E-state index in [0.29, 0.717) is 0 Å². The summed E-state index contributed by atoms with van der Waals surface area (Å²) in [6.07, 6.45) is 2.12. The van der Waals surface area contributed by atoms with Crippen molar-refractivity contribution in [3.63, 3.8) is 0 Å². The SMILES string of the molecule is Cc1ccc(CC(C)CS(C)(=O)=O)cc1. The summed E-state index contributed by atoms with van der Waals surface area (Å²) >= 11 is 0. The van der Waals surface area contributed by atoms with Crippen molar-refractivity contribution in [3.8, 4) is 0 Å². The Hall–Kier alpha value is -0.830. The maximum absolute atomic E-state index is 11.1. The Morgan fingerprint density at radius 1 is 1.20 bits per heavy atom. The molecule has 0 radical (unpaired) electrons. The minimum atomic E-state index is -2.85. The van der Waals surface area contributed by atoms with Crippen molar-refractivity contribution in [2.24, 2.45) is 5.92 Å². The van der Waals surface area contributed by atoms with Crippen LogP contribution in [0.4, 0.5) is 0 Å². The molecule has 1 aromatic carbocycles. The van der Waals surface area contributed by atoms with Crippen LogP contribution in [-0.2, 0) is 16.3 Å². The van der Waals surface area contributed by atoms with E-state index in [9.17, 15) is 8.42 Å². The lowest BCUT2D eigenvalue weighted by atomic mass is 10.0. The van der Waals surface area contributed by atoms with Gasteiger partial charge in [0.05, 0.1) is 5.75 Å². The Morgan fingerprint density at radius 2 is 1.73 bits per heavy atom. The Morgan fingerprint density at radius 3 is 2.20 bits per heavy atom. The quantitative estimate of drug-likeness (QED) is 0.789. The van der Waals surface area contributed by atoms with Crippen LogP contribution in [0.25, 0.3) is 0 Å². The van der Waals surface area contributed by atoms with E-state index in [1.165, 1.54) is 17.4 Å². The summed E-state index contributed by atoms with van der Waals surface area (Å²) in [6.45, 7) is 4.02. The summed E-state index contributed by atoms with van der Waals surface area (Å²) in [4.78, 5) is 0. The van der Waals surface area contributed by atoms with Crippen molar-refractivity contribution in [3.05, 3.63) is 35.4 Å². The second kappa shape index (κ2) is 4.79. The molecule has 0 aromatic heterocycles. The monoisotopic (exact) mass is 226 g/mol. The van der Waals surface area contributed by atoms with Gasteiger partial charge in [0, 0.05) is 6.26 Å². The normalized spacial score (nSPS) is 13.8. The molecule has 0 aliphatic heterocycles. The van der Waals surface area contributed by atoms with Crippen LogP contribution in [0, 0.1) is 12.8 Å². The van der Waals surface area contributed by atoms with Gasteiger partial charge < -0.3 is 0 Å². The summed E-state index contributed by atoms with van der Waals surface area (Å²) in [6, 6.07) is 8.24. The lowest BCUT2D eigenvalue weighted by Crippen LogP contribution is -2.14. The number of rotatable bonds is 4. The highest BCUT2D eigenvalue weighted by atomic mass is 32.2. The number of hydrogen-bond acceptors (Lipinski definition) is 2. The number of aryl methyl sites for hydroxylation is 1. The highest BCUT2D eigenvalue weighted by Gasteiger charge is 2.10. The van der Waals surface area contributed by atoms with E-state index in [1.807, 2.05) is 13.8 Å². The summed E-state index contributed by atoms with van der Waals surface area (Å²) in [5.74, 6) is 0.448. The summed E-state index contributed by atoms with van der Waals surface area (Å²) in [5.41, 5.74) is 2.44. The molecule has 0 saturated carbocycles. The van der Waals surface area contributed by atoms with Crippen LogP contribution >= 0.6 is 0 Å². The summed E-state index contributed by atoms with van der Waals surface area (Å²) in [5, 5.41) is 0. The maximum atomic E-state index is 11.1. The molecule has 0 aliphatic rings. The fourth-order valence-electron chi connectivity index (χ4n) is 1.70. The Balaban J connectivity index is 2.59. The maximum Gasteiger partial charge on any atom is 0.147 e. The zero-order chi connectivity index (χ0) is 11.5. The van der Waals surface area contributed by atoms with E-state index in [0.717, 1.165) is 6.42 Å². The lowest BCUT2D eigenvalue weighted by molar-refractivity contribution is 0.575. The van der Waals surface area contributed by atoms with E-state index in [4.69, 9.17) is 0 Å². The van der Waals surface area contributed by atoms with Gasteiger partial charge in [0.2, 0.25) is 0 Å². The van der Waals surface area contributed by atoms with E-state index >= 15 is 0 Å². The number of hydrogen-bond donors (Lipinski definition) is 0. The smallest absolute Gasteiger partial charge is 0.147 e. The van der Waals surface area contributed by atoms with Crippen molar-refractivity contribution in [1.82, 2.24) is 0 Å². The van der Waals surface area contributed by atoms with Gasteiger partial charge in [0.25, 0.3) is 0 Å². The van der Waals surface area contributed by atoms with Crippen LogP contribution in [0.3, 0.4) is 0 Å². The molecule has 1 rings (SSSR count). The van der Waals surface area contributed by atoms with Gasteiger partial charge in [-0.3, -0.25) is 0 Å².